The SMILES string of the molecule is Cc1cc2n(n1)C1(CCN(Cc3ccc(C(F)(F)F)cc3)CC1)CC(=O)N2Cc1ccncc1. The van der Waals surface area contributed by atoms with Crippen LogP contribution in [-0.4, -0.2) is 38.7 Å². The number of carbonyl (C=O) groups excluding carboxylic acids is 1. The number of benzene rings is 1. The van der Waals surface area contributed by atoms with Crippen molar-refractivity contribution < 1.29 is 18.0 Å². The third-order valence-electron chi connectivity index (χ3n) is 6.88. The van der Waals surface area contributed by atoms with Gasteiger partial charge in [-0.15, -0.1) is 0 Å². The van der Waals surface area contributed by atoms with E-state index in [-0.39, 0.29) is 11.4 Å². The van der Waals surface area contributed by atoms with Crippen molar-refractivity contribution in [2.24, 2.45) is 0 Å². The molecular formula is C25H26F3N5O. The molecule has 1 aromatic carbocycles. The fourth-order valence-corrected chi connectivity index (χ4v) is 5.02. The molecule has 178 valence electrons. The normalized spacial score (nSPS) is 18.4. The Morgan fingerprint density at radius 2 is 1.62 bits per heavy atom. The van der Waals surface area contributed by atoms with Crippen molar-refractivity contribution in [3.63, 3.8) is 0 Å². The second-order valence-electron chi connectivity index (χ2n) is 9.26. The van der Waals surface area contributed by atoms with Crippen LogP contribution in [-0.2, 0) is 29.6 Å². The lowest BCUT2D eigenvalue weighted by atomic mass is 9.82. The predicted molar refractivity (Wildman–Crippen MR) is 121 cm³/mol. The average molecular weight is 470 g/mol. The Kier molecular flexibility index (Phi) is 5.67. The molecule has 4 heterocycles. The number of aryl methyl sites for hydroxylation is 1. The van der Waals surface area contributed by atoms with Gasteiger partial charge in [0.1, 0.15) is 5.82 Å². The number of alkyl halides is 3. The molecule has 9 heteroatoms. The van der Waals surface area contributed by atoms with Crippen LogP contribution in [0.15, 0.2) is 54.9 Å². The Labute approximate surface area is 196 Å². The molecule has 1 fully saturated rings. The zero-order valence-corrected chi connectivity index (χ0v) is 18.9. The van der Waals surface area contributed by atoms with Crippen molar-refractivity contribution >= 4 is 11.7 Å². The van der Waals surface area contributed by atoms with Crippen LogP contribution in [0.4, 0.5) is 19.0 Å². The summed E-state index contributed by atoms with van der Waals surface area (Å²) in [6.45, 7) is 4.49. The molecule has 5 rings (SSSR count). The smallest absolute Gasteiger partial charge is 0.299 e. The van der Waals surface area contributed by atoms with E-state index in [0.717, 1.165) is 60.7 Å². The van der Waals surface area contributed by atoms with E-state index in [0.29, 0.717) is 19.5 Å². The molecule has 1 saturated heterocycles. The monoisotopic (exact) mass is 469 g/mol. The first-order valence-electron chi connectivity index (χ1n) is 11.4. The lowest BCUT2D eigenvalue weighted by Crippen LogP contribution is -2.53. The summed E-state index contributed by atoms with van der Waals surface area (Å²) < 4.78 is 40.5. The van der Waals surface area contributed by atoms with E-state index >= 15 is 0 Å². The fourth-order valence-electron chi connectivity index (χ4n) is 5.02. The molecule has 0 atom stereocenters. The number of likely N-dealkylation sites (tertiary alicyclic amines) is 1. The average Bonchev–Trinajstić information content (AvgIpc) is 3.21. The molecule has 34 heavy (non-hydrogen) atoms. The number of fused-ring (bicyclic) bond motifs is 2. The van der Waals surface area contributed by atoms with Crippen molar-refractivity contribution in [3.05, 3.63) is 77.2 Å². The number of carbonyl (C=O) groups is 1. The van der Waals surface area contributed by atoms with Gasteiger partial charge in [-0.1, -0.05) is 12.1 Å². The molecule has 0 bridgehead atoms. The molecule has 0 N–H and O–H groups in total. The van der Waals surface area contributed by atoms with Crippen molar-refractivity contribution in [2.45, 2.75) is 51.0 Å². The summed E-state index contributed by atoms with van der Waals surface area (Å²) in [5, 5.41) is 4.78. The number of hydrogen-bond donors (Lipinski definition) is 0. The van der Waals surface area contributed by atoms with E-state index in [1.807, 2.05) is 29.8 Å². The summed E-state index contributed by atoms with van der Waals surface area (Å²) in [5.74, 6) is 0.905. The van der Waals surface area contributed by atoms with Gasteiger partial charge in [-0.25, -0.2) is 4.68 Å². The summed E-state index contributed by atoms with van der Waals surface area (Å²) in [5.41, 5.74) is 1.73. The van der Waals surface area contributed by atoms with Gasteiger partial charge in [0.25, 0.3) is 0 Å². The quantitative estimate of drug-likeness (QED) is 0.563. The zero-order chi connectivity index (χ0) is 23.9. The molecule has 2 aromatic heterocycles. The lowest BCUT2D eigenvalue weighted by Gasteiger charge is -2.46. The van der Waals surface area contributed by atoms with Crippen LogP contribution in [0.2, 0.25) is 0 Å². The Hall–Kier alpha value is -3.20. The minimum absolute atomic E-state index is 0.0837. The van der Waals surface area contributed by atoms with Gasteiger partial charge < -0.3 is 0 Å². The number of hydrogen-bond acceptors (Lipinski definition) is 4. The van der Waals surface area contributed by atoms with Gasteiger partial charge in [-0.2, -0.15) is 18.3 Å². The summed E-state index contributed by atoms with van der Waals surface area (Å²) in [6.07, 6.45) is 1.03. The van der Waals surface area contributed by atoms with Gasteiger partial charge in [0.15, 0.2) is 0 Å². The number of pyridine rings is 1. The Bertz CT molecular complexity index is 1170. The highest BCUT2D eigenvalue weighted by molar-refractivity contribution is 5.94. The van der Waals surface area contributed by atoms with Crippen LogP contribution < -0.4 is 4.90 Å². The van der Waals surface area contributed by atoms with Gasteiger partial charge in [0, 0.05) is 38.1 Å². The fraction of sp³-hybridized carbons (Fsp3) is 0.400. The highest BCUT2D eigenvalue weighted by Crippen LogP contribution is 2.42. The summed E-state index contributed by atoms with van der Waals surface area (Å²) >= 11 is 0. The Morgan fingerprint density at radius 3 is 2.26 bits per heavy atom. The molecule has 0 saturated carbocycles. The topological polar surface area (TPSA) is 54.3 Å². The molecule has 6 nitrogen and oxygen atoms in total. The third-order valence-corrected chi connectivity index (χ3v) is 6.88. The molecule has 2 aliphatic heterocycles. The number of nitrogens with zero attached hydrogens (tertiary/aromatic N) is 5. The molecule has 3 aromatic rings. The Balaban J connectivity index is 1.31. The van der Waals surface area contributed by atoms with E-state index < -0.39 is 11.7 Å². The van der Waals surface area contributed by atoms with Gasteiger partial charge in [0.05, 0.1) is 29.8 Å². The minimum atomic E-state index is -4.32. The van der Waals surface area contributed by atoms with Gasteiger partial charge in [-0.05, 0) is 55.2 Å². The van der Waals surface area contributed by atoms with Crippen molar-refractivity contribution in [2.75, 3.05) is 18.0 Å². The van der Waals surface area contributed by atoms with Crippen LogP contribution in [0.25, 0.3) is 0 Å². The maximum Gasteiger partial charge on any atom is 0.416 e. The molecule has 0 radical (unpaired) electrons. The molecule has 0 unspecified atom stereocenters. The van der Waals surface area contributed by atoms with Crippen LogP contribution in [0.1, 0.15) is 41.6 Å². The Morgan fingerprint density at radius 1 is 0.971 bits per heavy atom. The third kappa shape index (κ3) is 4.32. The second-order valence-corrected chi connectivity index (χ2v) is 9.26. The van der Waals surface area contributed by atoms with E-state index in [1.165, 1.54) is 0 Å². The van der Waals surface area contributed by atoms with E-state index in [2.05, 4.69) is 9.88 Å². The maximum atomic E-state index is 13.3. The number of rotatable bonds is 4. The van der Waals surface area contributed by atoms with Crippen molar-refractivity contribution in [3.8, 4) is 0 Å². The summed E-state index contributed by atoms with van der Waals surface area (Å²) in [7, 11) is 0. The highest BCUT2D eigenvalue weighted by Gasteiger charge is 2.46. The summed E-state index contributed by atoms with van der Waals surface area (Å²) in [6, 6.07) is 11.1. The van der Waals surface area contributed by atoms with E-state index in [4.69, 9.17) is 5.10 Å². The van der Waals surface area contributed by atoms with Crippen molar-refractivity contribution in [1.29, 1.82) is 0 Å². The zero-order valence-electron chi connectivity index (χ0n) is 18.9. The number of halogens is 3. The molecular weight excluding hydrogens is 443 g/mol. The van der Waals surface area contributed by atoms with Crippen LogP contribution in [0, 0.1) is 6.92 Å². The number of anilines is 1. The second kappa shape index (κ2) is 8.54. The van der Waals surface area contributed by atoms with E-state index in [1.54, 1.807) is 29.4 Å². The molecule has 2 aliphatic rings. The van der Waals surface area contributed by atoms with Gasteiger partial charge in [-0.3, -0.25) is 19.6 Å². The first kappa shape index (κ1) is 22.6. The van der Waals surface area contributed by atoms with Crippen LogP contribution >= 0.6 is 0 Å². The molecule has 1 spiro atoms. The van der Waals surface area contributed by atoms with Crippen molar-refractivity contribution in [1.82, 2.24) is 19.7 Å². The van der Waals surface area contributed by atoms with Gasteiger partial charge in [0.2, 0.25) is 5.91 Å². The maximum absolute atomic E-state index is 13.3. The van der Waals surface area contributed by atoms with Crippen LogP contribution in [0.5, 0.6) is 0 Å². The standard InChI is InChI=1S/C25H26F3N5O/c1-18-14-22-32(17-20-6-10-29-11-7-20)23(34)15-24(33(22)30-18)8-12-31(13-9-24)16-19-2-4-21(5-3-19)25(26,27)28/h2-7,10-11,14H,8-9,12-13,15-17H2,1H3. The predicted octanol–water partition coefficient (Wildman–Crippen LogP) is 4.53. The number of amides is 1. The van der Waals surface area contributed by atoms with Crippen LogP contribution in [0.3, 0.4) is 0 Å². The molecule has 1 amide bonds. The first-order chi connectivity index (χ1) is 16.2. The highest BCUT2D eigenvalue weighted by atomic mass is 19.4. The van der Waals surface area contributed by atoms with E-state index in [9.17, 15) is 18.0 Å². The van der Waals surface area contributed by atoms with Gasteiger partial charge >= 0.3 is 6.18 Å². The largest absolute Gasteiger partial charge is 0.416 e. The molecule has 0 aliphatic carbocycles. The summed E-state index contributed by atoms with van der Waals surface area (Å²) in [4.78, 5) is 21.4. The lowest BCUT2D eigenvalue weighted by molar-refractivity contribution is -0.137. The minimum Gasteiger partial charge on any atom is -0.299 e. The number of aromatic nitrogens is 3. The first-order valence-corrected chi connectivity index (χ1v) is 11.4. The number of piperidine rings is 1.